The normalized spacial score (nSPS) is 12.8. The summed E-state index contributed by atoms with van der Waals surface area (Å²) in [6, 6.07) is 34.9. The summed E-state index contributed by atoms with van der Waals surface area (Å²) in [5, 5.41) is 17.8. The first-order chi connectivity index (χ1) is 27.3. The van der Waals surface area contributed by atoms with Crippen LogP contribution in [0.1, 0.15) is 125 Å². The molecule has 1 aliphatic rings. The summed E-state index contributed by atoms with van der Waals surface area (Å²) in [6.07, 6.45) is 18.8. The number of hydrogen-bond donors (Lipinski definition) is 2. The standard InChI is InChI=1S/C49H66O6/c50-33-17-9-5-1-3-7-11-19-35-52-37-39-54-43-29-25-41(26-30-43)49(47-23-15-13-21-45(47)46-22-14-16-24-48(46)49)42-27-31-44(32-28-42)55-40-38-53-36-20-12-8-4-2-6-10-18-34-51/h13-16,21-32,50-51H,1-12,17-20,33-40H2. The van der Waals surface area contributed by atoms with Crippen LogP contribution in [-0.4, -0.2) is 63.1 Å². The topological polar surface area (TPSA) is 77.4 Å². The first-order valence-corrected chi connectivity index (χ1v) is 21.3. The minimum atomic E-state index is -0.477. The van der Waals surface area contributed by atoms with Gasteiger partial charge in [0.2, 0.25) is 0 Å². The minimum absolute atomic E-state index is 0.316. The summed E-state index contributed by atoms with van der Waals surface area (Å²) >= 11 is 0. The van der Waals surface area contributed by atoms with Crippen molar-refractivity contribution in [2.45, 2.75) is 108 Å². The van der Waals surface area contributed by atoms with E-state index in [1.165, 1.54) is 97.6 Å². The van der Waals surface area contributed by atoms with Gasteiger partial charge < -0.3 is 29.2 Å². The molecule has 0 aliphatic heterocycles. The van der Waals surface area contributed by atoms with E-state index in [9.17, 15) is 0 Å². The summed E-state index contributed by atoms with van der Waals surface area (Å²) in [4.78, 5) is 0. The lowest BCUT2D eigenvalue weighted by Crippen LogP contribution is -2.28. The Hall–Kier alpha value is -3.68. The van der Waals surface area contributed by atoms with Crippen LogP contribution >= 0.6 is 0 Å². The van der Waals surface area contributed by atoms with Crippen LogP contribution < -0.4 is 9.47 Å². The van der Waals surface area contributed by atoms with E-state index >= 15 is 0 Å². The maximum absolute atomic E-state index is 8.89. The molecule has 0 bridgehead atoms. The van der Waals surface area contributed by atoms with Crippen LogP contribution in [0, 0.1) is 0 Å². The molecule has 1 aliphatic carbocycles. The van der Waals surface area contributed by atoms with Crippen molar-refractivity contribution in [2.75, 3.05) is 52.9 Å². The molecule has 0 unspecified atom stereocenters. The van der Waals surface area contributed by atoms with Crippen LogP contribution in [0.5, 0.6) is 11.5 Å². The van der Waals surface area contributed by atoms with Gasteiger partial charge in [-0.05, 0) is 83.3 Å². The zero-order valence-electron chi connectivity index (χ0n) is 33.2. The van der Waals surface area contributed by atoms with Crippen LogP contribution in [0.4, 0.5) is 0 Å². The summed E-state index contributed by atoms with van der Waals surface area (Å²) in [5.41, 5.74) is 7.02. The Labute approximate surface area is 331 Å². The number of benzene rings is 4. The number of hydrogen-bond acceptors (Lipinski definition) is 6. The first kappa shape index (κ1) is 42.5. The molecule has 55 heavy (non-hydrogen) atoms. The van der Waals surface area contributed by atoms with Gasteiger partial charge in [-0.2, -0.15) is 0 Å². The molecule has 0 saturated carbocycles. The molecule has 0 radical (unpaired) electrons. The number of unbranched alkanes of at least 4 members (excludes halogenated alkanes) is 14. The Bertz CT molecular complexity index is 1480. The van der Waals surface area contributed by atoms with Crippen molar-refractivity contribution in [1.29, 1.82) is 0 Å². The molecular weight excluding hydrogens is 685 g/mol. The molecule has 0 saturated heterocycles. The molecule has 0 aromatic heterocycles. The second-order valence-corrected chi connectivity index (χ2v) is 14.9. The fourth-order valence-electron chi connectivity index (χ4n) is 8.02. The number of aliphatic hydroxyl groups excluding tert-OH is 2. The quantitative estimate of drug-likeness (QED) is 0.0455. The van der Waals surface area contributed by atoms with E-state index in [0.717, 1.165) is 63.2 Å². The maximum atomic E-state index is 8.89. The third-order valence-corrected chi connectivity index (χ3v) is 10.9. The van der Waals surface area contributed by atoms with E-state index < -0.39 is 5.41 Å². The Kier molecular flexibility index (Phi) is 19.1. The van der Waals surface area contributed by atoms with Crippen molar-refractivity contribution in [3.63, 3.8) is 0 Å². The highest BCUT2D eigenvalue weighted by atomic mass is 16.5. The Balaban J connectivity index is 1.13. The van der Waals surface area contributed by atoms with Crippen LogP contribution in [0.2, 0.25) is 0 Å². The maximum Gasteiger partial charge on any atom is 0.119 e. The van der Waals surface area contributed by atoms with Crippen LogP contribution in [0.15, 0.2) is 97.1 Å². The average Bonchev–Trinajstić information content (AvgIpc) is 3.53. The van der Waals surface area contributed by atoms with Gasteiger partial charge in [0.15, 0.2) is 0 Å². The zero-order valence-corrected chi connectivity index (χ0v) is 33.2. The Morgan fingerprint density at radius 3 is 1.07 bits per heavy atom. The Morgan fingerprint density at radius 1 is 0.345 bits per heavy atom. The van der Waals surface area contributed by atoms with E-state index in [1.807, 2.05) is 0 Å². The number of fused-ring (bicyclic) bond motifs is 3. The molecule has 5 rings (SSSR count). The largest absolute Gasteiger partial charge is 0.491 e. The van der Waals surface area contributed by atoms with Gasteiger partial charge in [0, 0.05) is 26.4 Å². The van der Waals surface area contributed by atoms with Gasteiger partial charge in [0.05, 0.1) is 18.6 Å². The second-order valence-electron chi connectivity index (χ2n) is 14.9. The molecule has 0 spiro atoms. The lowest BCUT2D eigenvalue weighted by atomic mass is 9.68. The van der Waals surface area contributed by atoms with Crippen molar-refractivity contribution in [3.05, 3.63) is 119 Å². The van der Waals surface area contributed by atoms with Gasteiger partial charge in [0.1, 0.15) is 24.7 Å². The number of ether oxygens (including phenoxy) is 4. The van der Waals surface area contributed by atoms with E-state index in [-0.39, 0.29) is 0 Å². The molecule has 4 aromatic rings. The van der Waals surface area contributed by atoms with Crippen molar-refractivity contribution < 1.29 is 29.2 Å². The highest BCUT2D eigenvalue weighted by Gasteiger charge is 2.45. The van der Waals surface area contributed by atoms with E-state index in [0.29, 0.717) is 39.6 Å². The number of rotatable bonds is 30. The molecule has 0 atom stereocenters. The van der Waals surface area contributed by atoms with Gasteiger partial charge in [0.25, 0.3) is 0 Å². The lowest BCUT2D eigenvalue weighted by molar-refractivity contribution is 0.0970. The molecule has 6 heteroatoms. The summed E-state index contributed by atoms with van der Waals surface area (Å²) in [7, 11) is 0. The predicted octanol–water partition coefficient (Wildman–Crippen LogP) is 11.1. The molecule has 0 fully saturated rings. The Morgan fingerprint density at radius 2 is 0.691 bits per heavy atom. The highest BCUT2D eigenvalue weighted by Crippen LogP contribution is 2.56. The van der Waals surface area contributed by atoms with E-state index in [1.54, 1.807) is 0 Å². The fraction of sp³-hybridized carbons (Fsp3) is 0.510. The minimum Gasteiger partial charge on any atom is -0.491 e. The van der Waals surface area contributed by atoms with E-state index in [4.69, 9.17) is 29.2 Å². The average molecular weight is 751 g/mol. The van der Waals surface area contributed by atoms with Gasteiger partial charge in [-0.3, -0.25) is 0 Å². The first-order valence-electron chi connectivity index (χ1n) is 21.3. The molecular formula is C49H66O6. The van der Waals surface area contributed by atoms with Gasteiger partial charge in [-0.25, -0.2) is 0 Å². The smallest absolute Gasteiger partial charge is 0.119 e. The number of aliphatic hydroxyl groups is 2. The van der Waals surface area contributed by atoms with Gasteiger partial charge in [-0.1, -0.05) is 150 Å². The zero-order chi connectivity index (χ0) is 38.2. The monoisotopic (exact) mass is 750 g/mol. The van der Waals surface area contributed by atoms with Crippen LogP contribution in [0.25, 0.3) is 11.1 Å². The third kappa shape index (κ3) is 12.7. The van der Waals surface area contributed by atoms with E-state index in [2.05, 4.69) is 97.1 Å². The summed E-state index contributed by atoms with van der Waals surface area (Å²) in [5.74, 6) is 1.69. The molecule has 298 valence electrons. The van der Waals surface area contributed by atoms with Crippen LogP contribution in [-0.2, 0) is 14.9 Å². The third-order valence-electron chi connectivity index (χ3n) is 10.9. The molecule has 2 N–H and O–H groups in total. The predicted molar refractivity (Wildman–Crippen MR) is 224 cm³/mol. The summed E-state index contributed by atoms with van der Waals surface area (Å²) < 4.78 is 24.0. The van der Waals surface area contributed by atoms with Crippen molar-refractivity contribution >= 4 is 0 Å². The van der Waals surface area contributed by atoms with Crippen LogP contribution in [0.3, 0.4) is 0 Å². The molecule has 6 nitrogen and oxygen atoms in total. The SMILES string of the molecule is OCCCCCCCCCCOCCOc1ccc(C2(c3ccc(OCCOCCCCCCCCCCO)cc3)c3ccccc3-c3ccccc32)cc1. The molecule has 0 amide bonds. The van der Waals surface area contributed by atoms with Crippen molar-refractivity contribution in [1.82, 2.24) is 0 Å². The van der Waals surface area contributed by atoms with Gasteiger partial charge >= 0.3 is 0 Å². The summed E-state index contributed by atoms with van der Waals surface area (Å²) in [6.45, 7) is 4.42. The molecule has 0 heterocycles. The second kappa shape index (κ2) is 24.8. The van der Waals surface area contributed by atoms with Gasteiger partial charge in [-0.15, -0.1) is 0 Å². The van der Waals surface area contributed by atoms with Crippen molar-refractivity contribution in [3.8, 4) is 22.6 Å². The fourth-order valence-corrected chi connectivity index (χ4v) is 8.02. The lowest BCUT2D eigenvalue weighted by Gasteiger charge is -2.34. The highest BCUT2D eigenvalue weighted by molar-refractivity contribution is 5.86. The molecule has 4 aromatic carbocycles. The van der Waals surface area contributed by atoms with Crippen molar-refractivity contribution in [2.24, 2.45) is 0 Å².